The number of nitrogens with zero attached hydrogens (tertiary/aromatic N) is 2. The second-order valence-electron chi connectivity index (χ2n) is 5.94. The van der Waals surface area contributed by atoms with Crippen LogP contribution in [0.3, 0.4) is 0 Å². The Hall–Kier alpha value is -2.20. The molecule has 0 aliphatic rings. The Bertz CT molecular complexity index is 775. The van der Waals surface area contributed by atoms with Gasteiger partial charge in [-0.15, -0.1) is 0 Å². The molecule has 0 unspecified atom stereocenters. The van der Waals surface area contributed by atoms with Crippen LogP contribution < -0.4 is 5.32 Å². The third kappa shape index (κ3) is 4.42. The molecule has 3 rings (SSSR count). The van der Waals surface area contributed by atoms with Crippen LogP contribution in [0.2, 0.25) is 0 Å². The van der Waals surface area contributed by atoms with Crippen molar-refractivity contribution in [3.05, 3.63) is 77.0 Å². The van der Waals surface area contributed by atoms with E-state index in [2.05, 4.69) is 63.5 Å². The highest BCUT2D eigenvalue weighted by Gasteiger charge is 2.08. The minimum absolute atomic E-state index is 0.530. The second kappa shape index (κ2) is 8.06. The lowest BCUT2D eigenvalue weighted by Gasteiger charge is -2.14. The quantitative estimate of drug-likeness (QED) is 0.637. The SMILES string of the molecule is C[C@@H](CNc1ccc(Br)c(-c2ccncc2)n1)Cc1ccccc1. The van der Waals surface area contributed by atoms with Gasteiger partial charge in [0.05, 0.1) is 5.69 Å². The summed E-state index contributed by atoms with van der Waals surface area (Å²) in [4.78, 5) is 8.80. The largest absolute Gasteiger partial charge is 0.370 e. The summed E-state index contributed by atoms with van der Waals surface area (Å²) in [5.74, 6) is 1.42. The van der Waals surface area contributed by atoms with E-state index in [0.29, 0.717) is 5.92 Å². The number of halogens is 1. The van der Waals surface area contributed by atoms with Gasteiger partial charge in [0.2, 0.25) is 0 Å². The Labute approximate surface area is 151 Å². The van der Waals surface area contributed by atoms with Gasteiger partial charge >= 0.3 is 0 Å². The molecule has 0 aliphatic heterocycles. The van der Waals surface area contributed by atoms with Crippen molar-refractivity contribution in [2.45, 2.75) is 13.3 Å². The van der Waals surface area contributed by atoms with E-state index < -0.39 is 0 Å². The highest BCUT2D eigenvalue weighted by atomic mass is 79.9. The molecule has 3 nitrogen and oxygen atoms in total. The number of nitrogens with one attached hydrogen (secondary N) is 1. The summed E-state index contributed by atoms with van der Waals surface area (Å²) >= 11 is 3.58. The van der Waals surface area contributed by atoms with Crippen molar-refractivity contribution in [2.24, 2.45) is 5.92 Å². The monoisotopic (exact) mass is 381 g/mol. The van der Waals surface area contributed by atoms with Crippen molar-refractivity contribution in [3.8, 4) is 11.3 Å². The molecular weight excluding hydrogens is 362 g/mol. The minimum atomic E-state index is 0.530. The molecular formula is C20H20BrN3. The maximum atomic E-state index is 4.74. The van der Waals surface area contributed by atoms with Crippen molar-refractivity contribution >= 4 is 21.7 Å². The predicted octanol–water partition coefficient (Wildman–Crippen LogP) is 5.20. The molecule has 4 heteroatoms. The Kier molecular flexibility index (Phi) is 5.59. The lowest BCUT2D eigenvalue weighted by atomic mass is 10.0. The second-order valence-corrected chi connectivity index (χ2v) is 6.79. The average molecular weight is 382 g/mol. The Balaban J connectivity index is 1.65. The highest BCUT2D eigenvalue weighted by molar-refractivity contribution is 9.10. The van der Waals surface area contributed by atoms with Crippen LogP contribution in [-0.2, 0) is 6.42 Å². The number of aromatic nitrogens is 2. The van der Waals surface area contributed by atoms with Crippen molar-refractivity contribution in [1.82, 2.24) is 9.97 Å². The molecule has 0 radical (unpaired) electrons. The molecule has 0 amide bonds. The van der Waals surface area contributed by atoms with Gasteiger partial charge in [0.15, 0.2) is 0 Å². The molecule has 3 aromatic rings. The van der Waals surface area contributed by atoms with Crippen LogP contribution in [0.1, 0.15) is 12.5 Å². The third-order valence-corrected chi connectivity index (χ3v) is 4.50. The number of rotatable bonds is 6. The Morgan fingerprint density at radius 3 is 2.50 bits per heavy atom. The number of hydrogen-bond acceptors (Lipinski definition) is 3. The summed E-state index contributed by atoms with van der Waals surface area (Å²) in [6.07, 6.45) is 4.62. The van der Waals surface area contributed by atoms with Crippen molar-refractivity contribution in [1.29, 1.82) is 0 Å². The predicted molar refractivity (Wildman–Crippen MR) is 103 cm³/mol. The molecule has 1 N–H and O–H groups in total. The third-order valence-electron chi connectivity index (χ3n) is 3.86. The molecule has 0 aliphatic carbocycles. The van der Waals surface area contributed by atoms with Crippen molar-refractivity contribution in [3.63, 3.8) is 0 Å². The summed E-state index contributed by atoms with van der Waals surface area (Å²) in [6.45, 7) is 3.14. The number of benzene rings is 1. The minimum Gasteiger partial charge on any atom is -0.370 e. The van der Waals surface area contributed by atoms with Gasteiger partial charge in [-0.05, 0) is 58.1 Å². The first-order valence-electron chi connectivity index (χ1n) is 8.07. The summed E-state index contributed by atoms with van der Waals surface area (Å²) < 4.78 is 0.983. The number of anilines is 1. The summed E-state index contributed by atoms with van der Waals surface area (Å²) in [7, 11) is 0. The lowest BCUT2D eigenvalue weighted by molar-refractivity contribution is 0.611. The van der Waals surface area contributed by atoms with E-state index in [1.807, 2.05) is 24.3 Å². The first-order valence-corrected chi connectivity index (χ1v) is 8.86. The van der Waals surface area contributed by atoms with Gasteiger partial charge in [-0.2, -0.15) is 0 Å². The van der Waals surface area contributed by atoms with Gasteiger partial charge in [0.1, 0.15) is 5.82 Å². The van der Waals surface area contributed by atoms with Crippen LogP contribution in [0.15, 0.2) is 71.5 Å². The van der Waals surface area contributed by atoms with Crippen molar-refractivity contribution in [2.75, 3.05) is 11.9 Å². The Morgan fingerprint density at radius 1 is 1.00 bits per heavy atom. The molecule has 1 atom stereocenters. The summed E-state index contributed by atoms with van der Waals surface area (Å²) in [5.41, 5.74) is 3.35. The topological polar surface area (TPSA) is 37.8 Å². The zero-order valence-corrected chi connectivity index (χ0v) is 15.2. The van der Waals surface area contributed by atoms with E-state index >= 15 is 0 Å². The van der Waals surface area contributed by atoms with E-state index in [9.17, 15) is 0 Å². The first kappa shape index (κ1) is 16.7. The highest BCUT2D eigenvalue weighted by Crippen LogP contribution is 2.27. The van der Waals surface area contributed by atoms with Gasteiger partial charge in [0.25, 0.3) is 0 Å². The van der Waals surface area contributed by atoms with Gasteiger partial charge in [-0.1, -0.05) is 37.3 Å². The Morgan fingerprint density at radius 2 is 1.75 bits per heavy atom. The molecule has 0 fully saturated rings. The summed E-state index contributed by atoms with van der Waals surface area (Å²) in [5, 5.41) is 3.45. The van der Waals surface area contributed by atoms with E-state index in [1.165, 1.54) is 5.56 Å². The fourth-order valence-corrected chi connectivity index (χ4v) is 3.07. The number of pyridine rings is 2. The normalized spacial score (nSPS) is 11.9. The molecule has 0 bridgehead atoms. The van der Waals surface area contributed by atoms with Crippen LogP contribution in [0, 0.1) is 5.92 Å². The van der Waals surface area contributed by atoms with Crippen LogP contribution in [0.4, 0.5) is 5.82 Å². The molecule has 0 saturated heterocycles. The van der Waals surface area contributed by atoms with Gasteiger partial charge in [-0.3, -0.25) is 4.98 Å². The molecule has 2 aromatic heterocycles. The average Bonchev–Trinajstić information content (AvgIpc) is 2.62. The van der Waals surface area contributed by atoms with Crippen LogP contribution >= 0.6 is 15.9 Å². The van der Waals surface area contributed by atoms with Gasteiger partial charge in [0, 0.05) is 29.0 Å². The fourth-order valence-electron chi connectivity index (χ4n) is 2.62. The standard InChI is InChI=1S/C20H20BrN3/c1-15(13-16-5-3-2-4-6-16)14-23-19-8-7-18(21)20(24-19)17-9-11-22-12-10-17/h2-12,15H,13-14H2,1H3,(H,23,24)/t15-/m1/s1. The summed E-state index contributed by atoms with van der Waals surface area (Å²) in [6, 6.07) is 18.6. The zero-order valence-electron chi connectivity index (χ0n) is 13.6. The lowest BCUT2D eigenvalue weighted by Crippen LogP contribution is -2.14. The maximum Gasteiger partial charge on any atom is 0.126 e. The first-order chi connectivity index (χ1) is 11.7. The molecule has 2 heterocycles. The van der Waals surface area contributed by atoms with Crippen LogP contribution in [0.5, 0.6) is 0 Å². The maximum absolute atomic E-state index is 4.74. The molecule has 122 valence electrons. The zero-order chi connectivity index (χ0) is 16.8. The van der Waals surface area contributed by atoms with E-state index in [4.69, 9.17) is 4.98 Å². The van der Waals surface area contributed by atoms with Crippen LogP contribution in [0.25, 0.3) is 11.3 Å². The van der Waals surface area contributed by atoms with E-state index in [1.54, 1.807) is 12.4 Å². The van der Waals surface area contributed by atoms with Crippen molar-refractivity contribution < 1.29 is 0 Å². The van der Waals surface area contributed by atoms with Crippen LogP contribution in [-0.4, -0.2) is 16.5 Å². The number of hydrogen-bond donors (Lipinski definition) is 1. The van der Waals surface area contributed by atoms with Gasteiger partial charge < -0.3 is 5.32 Å². The molecule has 0 spiro atoms. The van der Waals surface area contributed by atoms with Gasteiger partial charge in [-0.25, -0.2) is 4.98 Å². The molecule has 1 aromatic carbocycles. The van der Waals surface area contributed by atoms with E-state index in [-0.39, 0.29) is 0 Å². The fraction of sp³-hybridized carbons (Fsp3) is 0.200. The molecule has 24 heavy (non-hydrogen) atoms. The molecule has 0 saturated carbocycles. The van der Waals surface area contributed by atoms with E-state index in [0.717, 1.165) is 34.5 Å². The smallest absolute Gasteiger partial charge is 0.126 e.